The summed E-state index contributed by atoms with van der Waals surface area (Å²) in [4.78, 5) is 8.16. The fourth-order valence-electron chi connectivity index (χ4n) is 0.763. The van der Waals surface area contributed by atoms with Crippen LogP contribution in [0.3, 0.4) is 0 Å². The number of rotatable bonds is 1. The molecule has 0 bridgehead atoms. The van der Waals surface area contributed by atoms with Crippen molar-refractivity contribution in [3.63, 3.8) is 0 Å². The molecule has 4 heteroatoms. The minimum absolute atomic E-state index is 0.543. The molecule has 1 aromatic heterocycles. The molecule has 0 atom stereocenters. The molecule has 0 aliphatic rings. The molecule has 0 spiro atoms. The van der Waals surface area contributed by atoms with Crippen LogP contribution in [0.2, 0.25) is 0 Å². The van der Waals surface area contributed by atoms with Crippen LogP contribution >= 0.6 is 0 Å². The van der Waals surface area contributed by atoms with Crippen molar-refractivity contribution in [1.82, 2.24) is 9.97 Å². The van der Waals surface area contributed by atoms with E-state index in [2.05, 4.69) is 15.3 Å². The van der Waals surface area contributed by atoms with Crippen molar-refractivity contribution in [1.29, 1.82) is 0 Å². The second-order valence-corrected chi connectivity index (χ2v) is 2.39. The van der Waals surface area contributed by atoms with Crippen LogP contribution in [0.1, 0.15) is 11.3 Å². The molecular weight excluding hydrogens is 140 g/mol. The highest BCUT2D eigenvalue weighted by molar-refractivity contribution is 5.45. The number of hydrogen-bond acceptors (Lipinski definition) is 4. The number of anilines is 2. The van der Waals surface area contributed by atoms with Crippen LogP contribution in [-0.4, -0.2) is 17.0 Å². The summed E-state index contributed by atoms with van der Waals surface area (Å²) in [5, 5.41) is 2.83. The molecule has 11 heavy (non-hydrogen) atoms. The van der Waals surface area contributed by atoms with Crippen molar-refractivity contribution < 1.29 is 0 Å². The second kappa shape index (κ2) is 2.74. The third-order valence-corrected chi connectivity index (χ3v) is 1.65. The van der Waals surface area contributed by atoms with E-state index in [1.165, 1.54) is 0 Å². The molecule has 0 saturated heterocycles. The van der Waals surface area contributed by atoms with E-state index < -0.39 is 0 Å². The number of nitrogens with one attached hydrogen (secondary N) is 1. The highest BCUT2D eigenvalue weighted by Gasteiger charge is 2.02. The van der Waals surface area contributed by atoms with Crippen molar-refractivity contribution >= 4 is 11.8 Å². The molecule has 60 valence electrons. The Bertz CT molecular complexity index is 246. The lowest BCUT2D eigenvalue weighted by Crippen LogP contribution is -2.04. The molecule has 0 aliphatic carbocycles. The maximum atomic E-state index is 5.61. The highest BCUT2D eigenvalue weighted by atomic mass is 15.1. The summed E-state index contributed by atoms with van der Waals surface area (Å²) >= 11 is 0. The van der Waals surface area contributed by atoms with Gasteiger partial charge in [-0.15, -0.1) is 0 Å². The first-order valence-electron chi connectivity index (χ1n) is 3.43. The summed E-state index contributed by atoms with van der Waals surface area (Å²) < 4.78 is 0. The van der Waals surface area contributed by atoms with Gasteiger partial charge in [0.25, 0.3) is 0 Å². The summed E-state index contributed by atoms with van der Waals surface area (Å²) in [5.74, 6) is 1.12. The van der Waals surface area contributed by atoms with E-state index in [4.69, 9.17) is 5.73 Å². The van der Waals surface area contributed by atoms with E-state index in [1.807, 2.05) is 13.8 Å². The third kappa shape index (κ3) is 1.39. The van der Waals surface area contributed by atoms with E-state index in [9.17, 15) is 0 Å². The van der Waals surface area contributed by atoms with Crippen LogP contribution in [0.25, 0.3) is 0 Å². The van der Waals surface area contributed by atoms with Crippen molar-refractivity contribution in [2.45, 2.75) is 13.8 Å². The second-order valence-electron chi connectivity index (χ2n) is 2.39. The monoisotopic (exact) mass is 152 g/mol. The molecule has 0 unspecified atom stereocenters. The minimum atomic E-state index is 0.543. The number of nitrogens with zero attached hydrogens (tertiary/aromatic N) is 2. The third-order valence-electron chi connectivity index (χ3n) is 1.65. The van der Waals surface area contributed by atoms with Gasteiger partial charge in [0.15, 0.2) is 0 Å². The van der Waals surface area contributed by atoms with E-state index in [0.717, 1.165) is 11.3 Å². The lowest BCUT2D eigenvalue weighted by molar-refractivity contribution is 1.07. The smallest absolute Gasteiger partial charge is 0.224 e. The van der Waals surface area contributed by atoms with Gasteiger partial charge in [-0.25, -0.2) is 4.98 Å². The number of nitrogens with two attached hydrogens (primary N) is 1. The Kier molecular flexibility index (Phi) is 1.94. The van der Waals surface area contributed by atoms with Crippen LogP contribution in [0.5, 0.6) is 0 Å². The van der Waals surface area contributed by atoms with E-state index in [-0.39, 0.29) is 0 Å². The Balaban J connectivity index is 3.21. The highest BCUT2D eigenvalue weighted by Crippen LogP contribution is 2.12. The Hall–Kier alpha value is -1.32. The van der Waals surface area contributed by atoms with Gasteiger partial charge in [-0.05, 0) is 13.8 Å². The van der Waals surface area contributed by atoms with Gasteiger partial charge in [0.2, 0.25) is 5.95 Å². The number of hydrogen-bond donors (Lipinski definition) is 2. The first kappa shape index (κ1) is 7.78. The van der Waals surface area contributed by atoms with Gasteiger partial charge < -0.3 is 11.1 Å². The van der Waals surface area contributed by atoms with Gasteiger partial charge in [-0.2, -0.15) is 4.98 Å². The molecule has 0 aromatic carbocycles. The Morgan fingerprint density at radius 1 is 1.27 bits per heavy atom. The molecular formula is C7H12N4. The molecule has 0 saturated carbocycles. The molecule has 0 radical (unpaired) electrons. The van der Waals surface area contributed by atoms with Crippen molar-refractivity contribution in [3.8, 4) is 0 Å². The molecule has 3 N–H and O–H groups in total. The summed E-state index contributed by atoms with van der Waals surface area (Å²) in [6.45, 7) is 3.82. The molecule has 0 amide bonds. The standard InChI is InChI=1S/C7H12N4/c1-4-5(2)10-7(9-3)11-6(4)8/h1-3H3,(H3,8,9,10,11). The predicted octanol–water partition coefficient (Wildman–Crippen LogP) is 0.717. The topological polar surface area (TPSA) is 63.8 Å². The van der Waals surface area contributed by atoms with Gasteiger partial charge in [-0.1, -0.05) is 0 Å². The van der Waals surface area contributed by atoms with E-state index >= 15 is 0 Å². The average molecular weight is 152 g/mol. The maximum Gasteiger partial charge on any atom is 0.224 e. The zero-order chi connectivity index (χ0) is 8.43. The van der Waals surface area contributed by atoms with E-state index in [0.29, 0.717) is 11.8 Å². The van der Waals surface area contributed by atoms with Crippen LogP contribution in [0.15, 0.2) is 0 Å². The quantitative estimate of drug-likeness (QED) is 0.622. The van der Waals surface area contributed by atoms with Gasteiger partial charge >= 0.3 is 0 Å². The SMILES string of the molecule is CNc1nc(C)c(C)c(N)n1. The molecule has 0 fully saturated rings. The lowest BCUT2D eigenvalue weighted by Gasteiger charge is -2.04. The average Bonchev–Trinajstić information content (AvgIpc) is 1.99. The van der Waals surface area contributed by atoms with Crippen molar-refractivity contribution in [2.24, 2.45) is 0 Å². The fraction of sp³-hybridized carbons (Fsp3) is 0.429. The Morgan fingerprint density at radius 2 is 1.91 bits per heavy atom. The molecule has 4 nitrogen and oxygen atoms in total. The van der Waals surface area contributed by atoms with Crippen LogP contribution in [0, 0.1) is 13.8 Å². The largest absolute Gasteiger partial charge is 0.383 e. The number of aryl methyl sites for hydroxylation is 1. The fourth-order valence-corrected chi connectivity index (χ4v) is 0.763. The van der Waals surface area contributed by atoms with Crippen LogP contribution in [-0.2, 0) is 0 Å². The van der Waals surface area contributed by atoms with Gasteiger partial charge in [0.1, 0.15) is 5.82 Å². The zero-order valence-electron chi connectivity index (χ0n) is 6.97. The summed E-state index contributed by atoms with van der Waals surface area (Å²) in [6.07, 6.45) is 0. The van der Waals surface area contributed by atoms with Gasteiger partial charge in [-0.3, -0.25) is 0 Å². The lowest BCUT2D eigenvalue weighted by atomic mass is 10.2. The molecule has 1 heterocycles. The predicted molar refractivity (Wildman–Crippen MR) is 45.5 cm³/mol. The van der Waals surface area contributed by atoms with Crippen molar-refractivity contribution in [3.05, 3.63) is 11.3 Å². The molecule has 1 aromatic rings. The first-order chi connectivity index (χ1) is 5.15. The van der Waals surface area contributed by atoms with Crippen LogP contribution in [0.4, 0.5) is 11.8 Å². The maximum absolute atomic E-state index is 5.61. The minimum Gasteiger partial charge on any atom is -0.383 e. The first-order valence-corrected chi connectivity index (χ1v) is 3.43. The van der Waals surface area contributed by atoms with Gasteiger partial charge in [0, 0.05) is 18.3 Å². The molecule has 0 aliphatic heterocycles. The summed E-state index contributed by atoms with van der Waals surface area (Å²) in [5.41, 5.74) is 7.47. The number of aromatic nitrogens is 2. The summed E-state index contributed by atoms with van der Waals surface area (Å²) in [7, 11) is 1.77. The zero-order valence-corrected chi connectivity index (χ0v) is 6.97. The molecule has 1 rings (SSSR count). The Labute approximate surface area is 65.9 Å². The Morgan fingerprint density at radius 3 is 2.36 bits per heavy atom. The normalized spacial score (nSPS) is 9.73. The summed E-state index contributed by atoms with van der Waals surface area (Å²) in [6, 6.07) is 0. The van der Waals surface area contributed by atoms with E-state index in [1.54, 1.807) is 7.05 Å². The van der Waals surface area contributed by atoms with Gasteiger partial charge in [0.05, 0.1) is 0 Å². The number of nitrogen functional groups attached to an aromatic ring is 1. The van der Waals surface area contributed by atoms with Crippen LogP contribution < -0.4 is 11.1 Å². The van der Waals surface area contributed by atoms with Crippen molar-refractivity contribution in [2.75, 3.05) is 18.1 Å².